The summed E-state index contributed by atoms with van der Waals surface area (Å²) in [5.74, 6) is 0.926. The van der Waals surface area contributed by atoms with Crippen molar-refractivity contribution in [2.24, 2.45) is 0 Å². The molecule has 8 rings (SSSR count). The van der Waals surface area contributed by atoms with Crippen molar-refractivity contribution in [3.05, 3.63) is 171 Å². The zero-order valence-corrected chi connectivity index (χ0v) is 22.3. The number of nitrogens with zero attached hydrogens (tertiary/aromatic N) is 1. The van der Waals surface area contributed by atoms with Crippen molar-refractivity contribution in [2.45, 2.75) is 30.8 Å². The Hall–Kier alpha value is -4.87. The Labute approximate surface area is 234 Å². The zero-order valence-electron chi connectivity index (χ0n) is 22.3. The van der Waals surface area contributed by atoms with Crippen LogP contribution in [0.4, 0.5) is 0 Å². The molecule has 0 aromatic heterocycles. The molecule has 2 aliphatic carbocycles. The fraction of sp³-hybridized carbons (Fsp3) is 0.132. The summed E-state index contributed by atoms with van der Waals surface area (Å²) in [4.78, 5) is 0. The molecule has 1 aliphatic heterocycles. The topological polar surface area (TPSA) is 33.0 Å². The number of hydrogen-bond acceptors (Lipinski definition) is 2. The molecule has 0 fully saturated rings. The molecule has 0 saturated carbocycles. The lowest BCUT2D eigenvalue weighted by Gasteiger charge is -2.40. The molecule has 0 N–H and O–H groups in total. The van der Waals surface area contributed by atoms with Crippen molar-refractivity contribution in [3.63, 3.8) is 0 Å². The monoisotopic (exact) mass is 513 g/mol. The van der Waals surface area contributed by atoms with Crippen LogP contribution < -0.4 is 0 Å². The smallest absolute Gasteiger partial charge is 0.135 e. The van der Waals surface area contributed by atoms with Gasteiger partial charge in [-0.2, -0.15) is 5.26 Å². The molecular weight excluding hydrogens is 486 g/mol. The maximum atomic E-state index is 9.20. The van der Waals surface area contributed by atoms with E-state index in [1.54, 1.807) is 0 Å². The Morgan fingerprint density at radius 3 is 2.00 bits per heavy atom. The zero-order chi connectivity index (χ0) is 26.9. The van der Waals surface area contributed by atoms with E-state index in [2.05, 4.69) is 110 Å². The molecule has 3 aliphatic rings. The van der Waals surface area contributed by atoms with Crippen LogP contribution in [0.5, 0.6) is 0 Å². The molecule has 40 heavy (non-hydrogen) atoms. The van der Waals surface area contributed by atoms with Gasteiger partial charge in [-0.25, -0.2) is 0 Å². The number of ether oxygens (including phenoxy) is 1. The molecule has 2 nitrogen and oxygen atoms in total. The van der Waals surface area contributed by atoms with Crippen LogP contribution in [0.3, 0.4) is 0 Å². The van der Waals surface area contributed by atoms with Gasteiger partial charge in [0, 0.05) is 12.0 Å². The predicted molar refractivity (Wildman–Crippen MR) is 159 cm³/mol. The first-order valence-electron chi connectivity index (χ1n) is 13.9. The van der Waals surface area contributed by atoms with Crippen molar-refractivity contribution in [3.8, 4) is 17.2 Å². The van der Waals surface area contributed by atoms with Crippen molar-refractivity contribution in [2.75, 3.05) is 0 Å². The fourth-order valence-electron chi connectivity index (χ4n) is 7.33. The van der Waals surface area contributed by atoms with Gasteiger partial charge in [0.15, 0.2) is 0 Å². The lowest BCUT2D eigenvalue weighted by Crippen LogP contribution is -2.34. The summed E-state index contributed by atoms with van der Waals surface area (Å²) in [6.07, 6.45) is 3.90. The molecule has 1 unspecified atom stereocenters. The third-order valence-corrected chi connectivity index (χ3v) is 9.19. The molecule has 1 spiro atoms. The van der Waals surface area contributed by atoms with Gasteiger partial charge < -0.3 is 4.74 Å². The van der Waals surface area contributed by atoms with Crippen LogP contribution in [0, 0.1) is 11.3 Å². The van der Waals surface area contributed by atoms with Gasteiger partial charge in [0.25, 0.3) is 0 Å². The van der Waals surface area contributed by atoms with Gasteiger partial charge in [-0.15, -0.1) is 0 Å². The molecule has 2 heteroatoms. The van der Waals surface area contributed by atoms with E-state index in [0.717, 1.165) is 29.7 Å². The highest BCUT2D eigenvalue weighted by Gasteiger charge is 2.49. The molecule has 0 bridgehead atoms. The SMILES string of the molecule is CC1(c2ccc(C#N)cc2)CC=C(c2ccc3c(c2)Cc2ccccc2C32c3ccccc3-c3ccccc32)O1. The first-order chi connectivity index (χ1) is 19.6. The van der Waals surface area contributed by atoms with Crippen molar-refractivity contribution in [1.82, 2.24) is 0 Å². The molecule has 0 amide bonds. The number of hydrogen-bond donors (Lipinski definition) is 0. The Morgan fingerprint density at radius 2 is 1.30 bits per heavy atom. The maximum Gasteiger partial charge on any atom is 0.135 e. The molecule has 5 aromatic carbocycles. The van der Waals surface area contributed by atoms with E-state index in [-0.39, 0.29) is 5.41 Å². The summed E-state index contributed by atoms with van der Waals surface area (Å²) in [6.45, 7) is 2.13. The largest absolute Gasteiger partial charge is 0.482 e. The minimum absolute atomic E-state index is 0.336. The van der Waals surface area contributed by atoms with Crippen molar-refractivity contribution >= 4 is 5.76 Å². The summed E-state index contributed by atoms with van der Waals surface area (Å²) in [5, 5.41) is 9.20. The minimum atomic E-state index is -0.448. The molecule has 0 radical (unpaired) electrons. The van der Waals surface area contributed by atoms with Gasteiger partial charge in [0.1, 0.15) is 11.4 Å². The lowest BCUT2D eigenvalue weighted by atomic mass is 9.61. The van der Waals surface area contributed by atoms with E-state index in [0.29, 0.717) is 5.56 Å². The third kappa shape index (κ3) is 3.04. The highest BCUT2D eigenvalue weighted by atomic mass is 16.5. The highest BCUT2D eigenvalue weighted by molar-refractivity contribution is 5.88. The second-order valence-corrected chi connectivity index (χ2v) is 11.3. The highest BCUT2D eigenvalue weighted by Crippen LogP contribution is 2.59. The van der Waals surface area contributed by atoms with Gasteiger partial charge >= 0.3 is 0 Å². The molecule has 0 saturated heterocycles. The Bertz CT molecular complexity index is 1860. The van der Waals surface area contributed by atoms with E-state index in [1.165, 1.54) is 44.5 Å². The van der Waals surface area contributed by atoms with Crippen LogP contribution in [-0.2, 0) is 22.2 Å². The Balaban J connectivity index is 1.27. The summed E-state index contributed by atoms with van der Waals surface area (Å²) in [5.41, 5.74) is 12.9. The Morgan fingerprint density at radius 1 is 0.675 bits per heavy atom. The summed E-state index contributed by atoms with van der Waals surface area (Å²) >= 11 is 0. The van der Waals surface area contributed by atoms with Crippen LogP contribution in [0.2, 0.25) is 0 Å². The van der Waals surface area contributed by atoms with Crippen LogP contribution in [-0.4, -0.2) is 0 Å². The van der Waals surface area contributed by atoms with Crippen LogP contribution in [0.25, 0.3) is 16.9 Å². The average molecular weight is 514 g/mol. The van der Waals surface area contributed by atoms with Gasteiger partial charge in [-0.1, -0.05) is 97.1 Å². The normalized spacial score (nSPS) is 19.1. The van der Waals surface area contributed by atoms with Gasteiger partial charge in [-0.05, 0) is 87.7 Å². The fourth-order valence-corrected chi connectivity index (χ4v) is 7.33. The van der Waals surface area contributed by atoms with Crippen LogP contribution in [0.1, 0.15) is 63.4 Å². The van der Waals surface area contributed by atoms with E-state index in [1.807, 2.05) is 24.3 Å². The van der Waals surface area contributed by atoms with E-state index >= 15 is 0 Å². The summed E-state index contributed by atoms with van der Waals surface area (Å²) in [6, 6.07) is 43.7. The number of rotatable bonds is 2. The van der Waals surface area contributed by atoms with Crippen LogP contribution >= 0.6 is 0 Å². The quantitative estimate of drug-likeness (QED) is 0.232. The van der Waals surface area contributed by atoms with E-state index in [4.69, 9.17) is 4.74 Å². The summed E-state index contributed by atoms with van der Waals surface area (Å²) < 4.78 is 6.66. The van der Waals surface area contributed by atoms with Crippen molar-refractivity contribution in [1.29, 1.82) is 5.26 Å². The predicted octanol–water partition coefficient (Wildman–Crippen LogP) is 8.50. The number of nitriles is 1. The second kappa shape index (κ2) is 8.31. The average Bonchev–Trinajstić information content (AvgIpc) is 3.55. The van der Waals surface area contributed by atoms with E-state index < -0.39 is 5.60 Å². The van der Waals surface area contributed by atoms with Gasteiger partial charge in [-0.3, -0.25) is 0 Å². The number of fused-ring (bicyclic) bond motifs is 9. The van der Waals surface area contributed by atoms with Gasteiger partial charge in [0.05, 0.1) is 17.0 Å². The van der Waals surface area contributed by atoms with E-state index in [9.17, 15) is 5.26 Å². The lowest BCUT2D eigenvalue weighted by molar-refractivity contribution is 0.0779. The van der Waals surface area contributed by atoms with Crippen LogP contribution in [0.15, 0.2) is 121 Å². The third-order valence-electron chi connectivity index (χ3n) is 9.19. The summed E-state index contributed by atoms with van der Waals surface area (Å²) in [7, 11) is 0. The molecule has 1 heterocycles. The molecule has 5 aromatic rings. The first-order valence-corrected chi connectivity index (χ1v) is 13.9. The molecule has 1 atom stereocenters. The first kappa shape index (κ1) is 23.1. The Kier molecular flexibility index (Phi) is 4.79. The second-order valence-electron chi connectivity index (χ2n) is 11.3. The standard InChI is InChI=1S/C38H27NO/c1-37(29-17-14-25(24-39)15-18-29)21-20-36(40-37)27-16-19-33-28(23-27)22-26-8-2-5-11-32(26)38(33)34-12-6-3-9-30(34)31-10-4-7-13-35(31)38/h2-20,23H,21-22H2,1H3. The minimum Gasteiger partial charge on any atom is -0.482 e. The molecule has 190 valence electrons. The molecular formula is C38H27NO. The van der Waals surface area contributed by atoms with Crippen molar-refractivity contribution < 1.29 is 4.74 Å². The van der Waals surface area contributed by atoms with Gasteiger partial charge in [0.2, 0.25) is 0 Å². The maximum absolute atomic E-state index is 9.20. The number of benzene rings is 5.